The van der Waals surface area contributed by atoms with Crippen molar-refractivity contribution >= 4 is 21.7 Å². The molecule has 7 heteroatoms. The van der Waals surface area contributed by atoms with Crippen molar-refractivity contribution < 1.29 is 23.1 Å². The van der Waals surface area contributed by atoms with Crippen LogP contribution in [0.3, 0.4) is 0 Å². The Balaban J connectivity index is 2.60. The average molecular weight is 283 g/mol. The van der Waals surface area contributed by atoms with E-state index < -0.39 is 21.7 Å². The first-order chi connectivity index (χ1) is 8.79. The zero-order valence-corrected chi connectivity index (χ0v) is 11.0. The number of sulfone groups is 1. The maximum absolute atomic E-state index is 11.2. The molecule has 0 aliphatic heterocycles. The maximum atomic E-state index is 11.2. The minimum Gasteiger partial charge on any atom is -0.478 e. The van der Waals surface area contributed by atoms with E-state index in [1.165, 1.54) is 12.1 Å². The van der Waals surface area contributed by atoms with Gasteiger partial charge in [-0.15, -0.1) is 0 Å². The molecule has 1 aromatic carbocycles. The monoisotopic (exact) mass is 283 g/mol. The normalized spacial score (nSPS) is 11.4. The number of aliphatic carboxylic acids is 1. The van der Waals surface area contributed by atoms with E-state index in [-0.39, 0.29) is 11.4 Å². The summed E-state index contributed by atoms with van der Waals surface area (Å²) in [5.41, 5.74) is 0.712. The molecule has 1 rings (SSSR count). The molecule has 1 amide bonds. The number of rotatable bonds is 5. The molecule has 2 N–H and O–H groups in total. The van der Waals surface area contributed by atoms with Crippen molar-refractivity contribution in [2.75, 3.05) is 6.26 Å². The van der Waals surface area contributed by atoms with E-state index in [9.17, 15) is 18.0 Å². The number of amides is 1. The van der Waals surface area contributed by atoms with Crippen LogP contribution in [0.25, 0.3) is 0 Å². The molecule has 0 bridgehead atoms. The summed E-state index contributed by atoms with van der Waals surface area (Å²) < 4.78 is 22.4. The lowest BCUT2D eigenvalue weighted by Gasteiger charge is -2.03. The number of carbonyl (C=O) groups excluding carboxylic acids is 1. The topological polar surface area (TPSA) is 101 Å². The van der Waals surface area contributed by atoms with Crippen LogP contribution in [0.2, 0.25) is 0 Å². The molecule has 0 saturated carbocycles. The Morgan fingerprint density at radius 2 is 1.79 bits per heavy atom. The Bertz CT molecular complexity index is 602. The number of nitrogens with one attached hydrogen (secondary N) is 1. The van der Waals surface area contributed by atoms with Crippen molar-refractivity contribution in [2.45, 2.75) is 11.4 Å². The summed E-state index contributed by atoms with van der Waals surface area (Å²) in [6.45, 7) is 0.187. The molecule has 0 fully saturated rings. The summed E-state index contributed by atoms with van der Waals surface area (Å²) in [7, 11) is -3.23. The number of hydrogen-bond acceptors (Lipinski definition) is 4. The zero-order chi connectivity index (χ0) is 14.5. The third kappa shape index (κ3) is 5.35. The van der Waals surface area contributed by atoms with Gasteiger partial charge in [-0.05, 0) is 17.7 Å². The summed E-state index contributed by atoms with van der Waals surface area (Å²) in [5.74, 6) is -1.73. The first-order valence-electron chi connectivity index (χ1n) is 5.27. The predicted molar refractivity (Wildman–Crippen MR) is 68.2 cm³/mol. The van der Waals surface area contributed by atoms with Crippen molar-refractivity contribution in [2.24, 2.45) is 0 Å². The van der Waals surface area contributed by atoms with Crippen molar-refractivity contribution in [3.05, 3.63) is 42.0 Å². The molecular formula is C12H13NO5S. The largest absolute Gasteiger partial charge is 0.478 e. The molecule has 0 aliphatic carbocycles. The Kier molecular flexibility index (Phi) is 4.82. The lowest BCUT2D eigenvalue weighted by molar-refractivity contribution is -0.131. The second-order valence-electron chi connectivity index (χ2n) is 3.81. The summed E-state index contributed by atoms with van der Waals surface area (Å²) in [6.07, 6.45) is 2.76. The van der Waals surface area contributed by atoms with E-state index in [1.807, 2.05) is 0 Å². The van der Waals surface area contributed by atoms with Gasteiger partial charge in [0.05, 0.1) is 4.90 Å². The van der Waals surface area contributed by atoms with E-state index in [0.717, 1.165) is 18.4 Å². The lowest BCUT2D eigenvalue weighted by Crippen LogP contribution is -2.20. The van der Waals surface area contributed by atoms with Crippen LogP contribution in [0.4, 0.5) is 0 Å². The van der Waals surface area contributed by atoms with Crippen LogP contribution in [-0.4, -0.2) is 31.7 Å². The first kappa shape index (κ1) is 14.9. The Labute approximate surface area is 110 Å². The molecule has 102 valence electrons. The SMILES string of the molecule is CS(=O)(=O)c1ccc(CNC(=O)C=CC(=O)O)cc1. The second kappa shape index (κ2) is 6.14. The average Bonchev–Trinajstić information content (AvgIpc) is 2.33. The molecular weight excluding hydrogens is 270 g/mol. The number of carbonyl (C=O) groups is 2. The van der Waals surface area contributed by atoms with E-state index in [1.54, 1.807) is 12.1 Å². The third-order valence-corrected chi connectivity index (χ3v) is 3.32. The van der Waals surface area contributed by atoms with Crippen LogP contribution in [0.5, 0.6) is 0 Å². The smallest absolute Gasteiger partial charge is 0.328 e. The van der Waals surface area contributed by atoms with Gasteiger partial charge in [0.2, 0.25) is 5.91 Å². The van der Waals surface area contributed by atoms with Gasteiger partial charge in [0.15, 0.2) is 9.84 Å². The van der Waals surface area contributed by atoms with Gasteiger partial charge in [0.25, 0.3) is 0 Å². The van der Waals surface area contributed by atoms with E-state index in [4.69, 9.17) is 5.11 Å². The van der Waals surface area contributed by atoms with Crippen LogP contribution in [0.15, 0.2) is 41.3 Å². The lowest BCUT2D eigenvalue weighted by atomic mass is 10.2. The molecule has 0 unspecified atom stereocenters. The molecule has 0 radical (unpaired) electrons. The van der Waals surface area contributed by atoms with Gasteiger partial charge in [-0.25, -0.2) is 13.2 Å². The fraction of sp³-hybridized carbons (Fsp3) is 0.167. The van der Waals surface area contributed by atoms with E-state index in [0.29, 0.717) is 5.56 Å². The van der Waals surface area contributed by atoms with Gasteiger partial charge in [0, 0.05) is 25.0 Å². The van der Waals surface area contributed by atoms with Crippen LogP contribution >= 0.6 is 0 Å². The molecule has 0 aromatic heterocycles. The molecule has 0 atom stereocenters. The quantitative estimate of drug-likeness (QED) is 0.759. The molecule has 19 heavy (non-hydrogen) atoms. The second-order valence-corrected chi connectivity index (χ2v) is 5.82. The summed E-state index contributed by atoms with van der Waals surface area (Å²) in [5, 5.41) is 10.8. The van der Waals surface area contributed by atoms with Gasteiger partial charge in [-0.2, -0.15) is 0 Å². The van der Waals surface area contributed by atoms with Gasteiger partial charge >= 0.3 is 5.97 Å². The van der Waals surface area contributed by atoms with Crippen molar-refractivity contribution in [1.82, 2.24) is 5.32 Å². The van der Waals surface area contributed by atoms with Gasteiger partial charge in [-0.3, -0.25) is 4.79 Å². The fourth-order valence-electron chi connectivity index (χ4n) is 1.25. The highest BCUT2D eigenvalue weighted by atomic mass is 32.2. The van der Waals surface area contributed by atoms with Gasteiger partial charge in [0.1, 0.15) is 0 Å². The van der Waals surface area contributed by atoms with Gasteiger partial charge in [-0.1, -0.05) is 12.1 Å². The van der Waals surface area contributed by atoms with Crippen LogP contribution in [0, 0.1) is 0 Å². The zero-order valence-electron chi connectivity index (χ0n) is 10.2. The highest BCUT2D eigenvalue weighted by molar-refractivity contribution is 7.90. The van der Waals surface area contributed by atoms with Crippen molar-refractivity contribution in [3.8, 4) is 0 Å². The summed E-state index contributed by atoms with van der Waals surface area (Å²) >= 11 is 0. The van der Waals surface area contributed by atoms with Crippen LogP contribution in [-0.2, 0) is 26.0 Å². The third-order valence-electron chi connectivity index (χ3n) is 2.20. The van der Waals surface area contributed by atoms with Gasteiger partial charge < -0.3 is 10.4 Å². The highest BCUT2D eigenvalue weighted by Gasteiger charge is 2.06. The molecule has 0 heterocycles. The Hall–Kier alpha value is -2.15. The predicted octanol–water partition coefficient (Wildman–Crippen LogP) is 0.347. The standard InChI is InChI=1S/C12H13NO5S/c1-19(17,18)10-4-2-9(3-5-10)8-13-11(14)6-7-12(15)16/h2-7H,8H2,1H3,(H,13,14)(H,15,16). The highest BCUT2D eigenvalue weighted by Crippen LogP contribution is 2.09. The first-order valence-corrected chi connectivity index (χ1v) is 7.16. The minimum absolute atomic E-state index is 0.187. The Morgan fingerprint density at radius 1 is 1.21 bits per heavy atom. The Morgan fingerprint density at radius 3 is 2.26 bits per heavy atom. The molecule has 0 saturated heterocycles. The van der Waals surface area contributed by atoms with E-state index in [2.05, 4.69) is 5.32 Å². The number of benzene rings is 1. The summed E-state index contributed by atoms with van der Waals surface area (Å²) in [4.78, 5) is 21.6. The molecule has 1 aromatic rings. The van der Waals surface area contributed by atoms with Crippen molar-refractivity contribution in [3.63, 3.8) is 0 Å². The minimum atomic E-state index is -3.23. The number of hydrogen-bond donors (Lipinski definition) is 2. The van der Waals surface area contributed by atoms with Crippen LogP contribution < -0.4 is 5.32 Å². The maximum Gasteiger partial charge on any atom is 0.328 e. The number of carboxylic acids is 1. The molecule has 0 aliphatic rings. The van der Waals surface area contributed by atoms with Crippen LogP contribution in [0.1, 0.15) is 5.56 Å². The molecule has 0 spiro atoms. The van der Waals surface area contributed by atoms with E-state index >= 15 is 0 Å². The number of carboxylic acid groups (broad SMARTS) is 1. The summed E-state index contributed by atoms with van der Waals surface area (Å²) in [6, 6.07) is 6.06. The fourth-order valence-corrected chi connectivity index (χ4v) is 1.88. The van der Waals surface area contributed by atoms with Crippen molar-refractivity contribution in [1.29, 1.82) is 0 Å². The molecule has 6 nitrogen and oxygen atoms in total.